The third-order valence-corrected chi connectivity index (χ3v) is 4.80. The molecule has 0 spiro atoms. The van der Waals surface area contributed by atoms with E-state index in [9.17, 15) is 8.42 Å². The minimum atomic E-state index is -2.98. The fraction of sp³-hybridized carbons (Fsp3) is 0.400. The normalized spacial score (nSPS) is 29.8. The number of ether oxygens (including phenoxy) is 1. The molecule has 86 valence electrons. The van der Waals surface area contributed by atoms with Crippen LogP contribution in [0.25, 0.3) is 0 Å². The highest BCUT2D eigenvalue weighted by Gasteiger charge is 2.42. The van der Waals surface area contributed by atoms with Crippen molar-refractivity contribution < 1.29 is 13.2 Å². The number of hydrogen-bond acceptors (Lipinski definition) is 4. The Morgan fingerprint density at radius 3 is 3.00 bits per heavy atom. The number of sulfone groups is 1. The molecule has 4 nitrogen and oxygen atoms in total. The molecule has 1 aromatic carbocycles. The summed E-state index contributed by atoms with van der Waals surface area (Å²) >= 11 is 5.86. The first-order chi connectivity index (χ1) is 7.53. The Balaban J connectivity index is 1.97. The zero-order valence-electron chi connectivity index (χ0n) is 8.31. The predicted molar refractivity (Wildman–Crippen MR) is 61.9 cm³/mol. The third-order valence-electron chi connectivity index (χ3n) is 2.86. The average Bonchev–Trinajstić information content (AvgIpc) is 2.47. The predicted octanol–water partition coefficient (Wildman–Crippen LogP) is 1.31. The molecule has 1 N–H and O–H groups in total. The van der Waals surface area contributed by atoms with Gasteiger partial charge < -0.3 is 10.1 Å². The van der Waals surface area contributed by atoms with Crippen LogP contribution in [0.15, 0.2) is 18.2 Å². The van der Waals surface area contributed by atoms with Crippen molar-refractivity contribution in [2.24, 2.45) is 0 Å². The minimum Gasteiger partial charge on any atom is -0.485 e. The van der Waals surface area contributed by atoms with Crippen LogP contribution < -0.4 is 10.1 Å². The second kappa shape index (κ2) is 3.28. The zero-order valence-corrected chi connectivity index (χ0v) is 9.88. The van der Waals surface area contributed by atoms with Crippen molar-refractivity contribution in [2.75, 3.05) is 16.8 Å². The van der Waals surface area contributed by atoms with Gasteiger partial charge in [0.25, 0.3) is 0 Å². The van der Waals surface area contributed by atoms with Crippen LogP contribution in [-0.4, -0.2) is 32.1 Å². The van der Waals surface area contributed by atoms with Gasteiger partial charge in [-0.15, -0.1) is 0 Å². The summed E-state index contributed by atoms with van der Waals surface area (Å²) in [6.45, 7) is 0. The van der Waals surface area contributed by atoms with Crippen molar-refractivity contribution in [3.05, 3.63) is 23.2 Å². The second-order valence-electron chi connectivity index (χ2n) is 4.12. The fourth-order valence-electron chi connectivity index (χ4n) is 2.15. The summed E-state index contributed by atoms with van der Waals surface area (Å²) in [7, 11) is -2.98. The highest BCUT2D eigenvalue weighted by molar-refractivity contribution is 7.91. The van der Waals surface area contributed by atoms with E-state index >= 15 is 0 Å². The van der Waals surface area contributed by atoms with E-state index in [4.69, 9.17) is 16.3 Å². The number of hydrogen-bond donors (Lipinski definition) is 1. The molecule has 2 aliphatic heterocycles. The molecule has 0 bridgehead atoms. The van der Waals surface area contributed by atoms with Crippen molar-refractivity contribution >= 4 is 27.1 Å². The first-order valence-electron chi connectivity index (χ1n) is 4.97. The van der Waals surface area contributed by atoms with E-state index < -0.39 is 9.84 Å². The lowest BCUT2D eigenvalue weighted by Crippen LogP contribution is -2.40. The molecule has 16 heavy (non-hydrogen) atoms. The van der Waals surface area contributed by atoms with E-state index in [1.54, 1.807) is 18.2 Å². The molecule has 3 rings (SSSR count). The number of halogens is 1. The lowest BCUT2D eigenvalue weighted by molar-refractivity contribution is 0.206. The van der Waals surface area contributed by atoms with Crippen LogP contribution in [-0.2, 0) is 9.84 Å². The Kier molecular flexibility index (Phi) is 2.09. The van der Waals surface area contributed by atoms with Crippen molar-refractivity contribution in [1.82, 2.24) is 0 Å². The first kappa shape index (κ1) is 10.2. The summed E-state index contributed by atoms with van der Waals surface area (Å²) in [5, 5.41) is 3.77. The van der Waals surface area contributed by atoms with Gasteiger partial charge >= 0.3 is 0 Å². The number of anilines is 1. The summed E-state index contributed by atoms with van der Waals surface area (Å²) in [4.78, 5) is 0. The molecule has 1 saturated heterocycles. The van der Waals surface area contributed by atoms with E-state index in [0.29, 0.717) is 10.8 Å². The van der Waals surface area contributed by atoms with Crippen LogP contribution in [0.5, 0.6) is 5.75 Å². The van der Waals surface area contributed by atoms with Gasteiger partial charge in [-0.2, -0.15) is 0 Å². The molecule has 0 saturated carbocycles. The highest BCUT2D eigenvalue weighted by atomic mass is 35.5. The van der Waals surface area contributed by atoms with Crippen molar-refractivity contribution in [3.63, 3.8) is 0 Å². The van der Waals surface area contributed by atoms with Gasteiger partial charge in [-0.25, -0.2) is 8.42 Å². The van der Waals surface area contributed by atoms with E-state index in [2.05, 4.69) is 5.32 Å². The van der Waals surface area contributed by atoms with Crippen LogP contribution in [0, 0.1) is 0 Å². The number of fused-ring (bicyclic) bond motifs is 2. The van der Waals surface area contributed by atoms with Gasteiger partial charge in [0.05, 0.1) is 23.2 Å². The second-order valence-corrected chi connectivity index (χ2v) is 6.71. The SMILES string of the molecule is O=S1(=O)CC2Nc3cc(Cl)ccc3OC2C1. The number of benzene rings is 1. The molecular weight excluding hydrogens is 250 g/mol. The Morgan fingerprint density at radius 1 is 1.38 bits per heavy atom. The lowest BCUT2D eigenvalue weighted by atomic mass is 10.1. The van der Waals surface area contributed by atoms with Crippen LogP contribution >= 0.6 is 11.6 Å². The van der Waals surface area contributed by atoms with Gasteiger partial charge in [-0.3, -0.25) is 0 Å². The molecule has 2 heterocycles. The molecule has 1 fully saturated rings. The average molecular weight is 260 g/mol. The van der Waals surface area contributed by atoms with Gasteiger partial charge in [-0.1, -0.05) is 11.6 Å². The summed E-state index contributed by atoms with van der Waals surface area (Å²) in [5.74, 6) is 0.888. The summed E-state index contributed by atoms with van der Waals surface area (Å²) in [6.07, 6.45) is -0.279. The van der Waals surface area contributed by atoms with E-state index in [1.165, 1.54) is 0 Å². The van der Waals surface area contributed by atoms with Crippen molar-refractivity contribution in [1.29, 1.82) is 0 Å². The largest absolute Gasteiger partial charge is 0.485 e. The maximum Gasteiger partial charge on any atom is 0.156 e. The molecule has 0 amide bonds. The van der Waals surface area contributed by atoms with E-state index in [1.807, 2.05) is 0 Å². The van der Waals surface area contributed by atoms with Crippen molar-refractivity contribution in [3.8, 4) is 5.75 Å². The summed E-state index contributed by atoms with van der Waals surface area (Å²) in [6, 6.07) is 5.08. The monoisotopic (exact) mass is 259 g/mol. The molecular formula is C10H10ClNO3S. The van der Waals surface area contributed by atoms with Crippen LogP contribution in [0.1, 0.15) is 0 Å². The summed E-state index contributed by atoms with van der Waals surface area (Å²) in [5.41, 5.74) is 0.769. The van der Waals surface area contributed by atoms with Gasteiger partial charge in [0.1, 0.15) is 11.9 Å². The van der Waals surface area contributed by atoms with Crippen LogP contribution in [0.4, 0.5) is 5.69 Å². The molecule has 2 aliphatic rings. The minimum absolute atomic E-state index is 0.0900. The Morgan fingerprint density at radius 2 is 2.19 bits per heavy atom. The Labute approximate surface area is 98.5 Å². The number of rotatable bonds is 0. The first-order valence-corrected chi connectivity index (χ1v) is 7.17. The van der Waals surface area contributed by atoms with E-state index in [0.717, 1.165) is 5.69 Å². The van der Waals surface area contributed by atoms with Gasteiger partial charge in [-0.05, 0) is 18.2 Å². The Hall–Kier alpha value is -0.940. The molecule has 1 aromatic rings. The Bertz CT molecular complexity index is 543. The molecule has 0 aliphatic carbocycles. The maximum absolute atomic E-state index is 11.5. The lowest BCUT2D eigenvalue weighted by Gasteiger charge is -2.29. The standard InChI is InChI=1S/C10H10ClNO3S/c11-6-1-2-9-7(3-6)12-8-4-16(13,14)5-10(8)15-9/h1-3,8,10,12H,4-5H2. The van der Waals surface area contributed by atoms with Gasteiger partial charge in [0.2, 0.25) is 0 Å². The van der Waals surface area contributed by atoms with Crippen molar-refractivity contribution in [2.45, 2.75) is 12.1 Å². The quantitative estimate of drug-likeness (QED) is 0.763. The summed E-state index contributed by atoms with van der Waals surface area (Å²) < 4.78 is 28.6. The maximum atomic E-state index is 11.5. The van der Waals surface area contributed by atoms with E-state index in [-0.39, 0.29) is 23.7 Å². The molecule has 0 aromatic heterocycles. The third kappa shape index (κ3) is 1.64. The van der Waals surface area contributed by atoms with Gasteiger partial charge in [0.15, 0.2) is 9.84 Å². The van der Waals surface area contributed by atoms with Gasteiger partial charge in [0, 0.05) is 5.02 Å². The highest BCUT2D eigenvalue weighted by Crippen LogP contribution is 2.36. The molecule has 2 atom stereocenters. The zero-order chi connectivity index (χ0) is 11.3. The molecule has 0 radical (unpaired) electrons. The molecule has 2 unspecified atom stereocenters. The topological polar surface area (TPSA) is 55.4 Å². The number of nitrogens with one attached hydrogen (secondary N) is 1. The van der Waals surface area contributed by atoms with Crippen LogP contribution in [0.3, 0.4) is 0 Å². The smallest absolute Gasteiger partial charge is 0.156 e. The fourth-order valence-corrected chi connectivity index (χ4v) is 4.10. The van der Waals surface area contributed by atoms with Crippen LogP contribution in [0.2, 0.25) is 5.02 Å². The molecule has 6 heteroatoms.